The van der Waals surface area contributed by atoms with Gasteiger partial charge in [0.15, 0.2) is 0 Å². The van der Waals surface area contributed by atoms with Crippen LogP contribution in [0.3, 0.4) is 0 Å². The number of carbonyl (C=O) groups excluding carboxylic acids is 1. The topological polar surface area (TPSA) is 65.4 Å². The molecule has 1 amide bonds. The summed E-state index contributed by atoms with van der Waals surface area (Å²) in [5.41, 5.74) is 3.38. The fourth-order valence-corrected chi connectivity index (χ4v) is 4.42. The number of amides is 1. The van der Waals surface area contributed by atoms with Crippen LogP contribution in [0.4, 0.5) is 4.39 Å². The van der Waals surface area contributed by atoms with Gasteiger partial charge in [0.1, 0.15) is 23.4 Å². The molecule has 0 aliphatic heterocycles. The van der Waals surface area contributed by atoms with Gasteiger partial charge in [0.2, 0.25) is 5.91 Å². The Morgan fingerprint density at radius 2 is 1.78 bits per heavy atom. The zero-order valence-electron chi connectivity index (χ0n) is 20.9. The fourth-order valence-electron chi connectivity index (χ4n) is 4.42. The van der Waals surface area contributed by atoms with Crippen LogP contribution in [0.25, 0.3) is 16.6 Å². The molecule has 0 bridgehead atoms. The van der Waals surface area contributed by atoms with E-state index in [-0.39, 0.29) is 30.6 Å². The number of methoxy groups -OCH3 is 1. The van der Waals surface area contributed by atoms with Crippen molar-refractivity contribution in [2.75, 3.05) is 7.11 Å². The molecular formula is C30H34FN3O3. The van der Waals surface area contributed by atoms with E-state index in [1.165, 1.54) is 12.1 Å². The zero-order valence-corrected chi connectivity index (χ0v) is 20.9. The van der Waals surface area contributed by atoms with Crippen molar-refractivity contribution in [1.29, 1.82) is 0 Å². The third-order valence-electron chi connectivity index (χ3n) is 7.02. The molecule has 1 aliphatic carbocycles. The predicted molar refractivity (Wildman–Crippen MR) is 144 cm³/mol. The molecule has 2 atom stereocenters. The van der Waals surface area contributed by atoms with Crippen LogP contribution in [0.15, 0.2) is 66.9 Å². The lowest BCUT2D eigenvalue weighted by Gasteiger charge is -2.29. The molecule has 194 valence electrons. The number of rotatable bonds is 8. The third kappa shape index (κ3) is 5.31. The Labute approximate surface area is 217 Å². The summed E-state index contributed by atoms with van der Waals surface area (Å²) in [4.78, 5) is 12.8. The van der Waals surface area contributed by atoms with Crippen LogP contribution < -0.4 is 14.8 Å². The molecule has 0 spiro atoms. The molecule has 0 saturated heterocycles. The van der Waals surface area contributed by atoms with E-state index in [0.717, 1.165) is 46.3 Å². The number of aryl methyl sites for hydroxylation is 1. The smallest absolute Gasteiger partial charge is 0.226 e. The Bertz CT molecular complexity index is 1410. The molecule has 3 aromatic carbocycles. The average molecular weight is 504 g/mol. The van der Waals surface area contributed by atoms with Gasteiger partial charge in [0.05, 0.1) is 30.6 Å². The average Bonchev–Trinajstić information content (AvgIpc) is 3.49. The van der Waals surface area contributed by atoms with Crippen LogP contribution in [-0.4, -0.2) is 28.8 Å². The lowest BCUT2D eigenvalue weighted by atomic mass is 9.97. The number of carbonyl (C=O) groups is 1. The largest absolute Gasteiger partial charge is 0.497 e. The number of nitrogens with zero attached hydrogens (tertiary/aromatic N) is 2. The van der Waals surface area contributed by atoms with E-state index in [1.807, 2.05) is 57.2 Å². The molecule has 0 unspecified atom stereocenters. The Kier molecular flexibility index (Phi) is 7.25. The summed E-state index contributed by atoms with van der Waals surface area (Å²) < 4.78 is 27.1. The SMILES string of the molecule is C.COc1ccc([C@@H](Oc2ccc3c(cnn3-c3ccc(F)cc3)c2)[C@H](C)NC(=O)C2(C)CC2)c(C)c1. The fraction of sp³-hybridized carbons (Fsp3) is 0.333. The van der Waals surface area contributed by atoms with Gasteiger partial charge in [-0.25, -0.2) is 9.07 Å². The zero-order chi connectivity index (χ0) is 25.4. The lowest BCUT2D eigenvalue weighted by Crippen LogP contribution is -2.42. The van der Waals surface area contributed by atoms with Crippen LogP contribution in [0.1, 0.15) is 51.3 Å². The van der Waals surface area contributed by atoms with Gasteiger partial charge in [0, 0.05) is 10.8 Å². The molecule has 1 aliphatic rings. The Morgan fingerprint density at radius 1 is 1.08 bits per heavy atom. The molecule has 5 rings (SSSR count). The molecule has 1 aromatic heterocycles. The van der Waals surface area contributed by atoms with Crippen LogP contribution in [-0.2, 0) is 4.79 Å². The lowest BCUT2D eigenvalue weighted by molar-refractivity contribution is -0.127. The summed E-state index contributed by atoms with van der Waals surface area (Å²) in [5.74, 6) is 1.21. The number of aromatic nitrogens is 2. The summed E-state index contributed by atoms with van der Waals surface area (Å²) in [7, 11) is 1.64. The quantitative estimate of drug-likeness (QED) is 0.296. The van der Waals surface area contributed by atoms with Gasteiger partial charge in [0.25, 0.3) is 0 Å². The van der Waals surface area contributed by atoms with Crippen LogP contribution in [0.5, 0.6) is 11.5 Å². The number of hydrogen-bond acceptors (Lipinski definition) is 4. The minimum absolute atomic E-state index is 0. The van der Waals surface area contributed by atoms with Crippen molar-refractivity contribution in [3.8, 4) is 17.2 Å². The van der Waals surface area contributed by atoms with Gasteiger partial charge >= 0.3 is 0 Å². The first kappa shape index (κ1) is 26.2. The summed E-state index contributed by atoms with van der Waals surface area (Å²) in [6.07, 6.45) is 3.17. The second-order valence-electron chi connectivity index (χ2n) is 9.84. The number of ether oxygens (including phenoxy) is 2. The molecule has 1 fully saturated rings. The first-order chi connectivity index (χ1) is 17.3. The van der Waals surface area contributed by atoms with Crippen LogP contribution >= 0.6 is 0 Å². The van der Waals surface area contributed by atoms with E-state index in [9.17, 15) is 9.18 Å². The Balaban J connectivity index is 0.00000320. The highest BCUT2D eigenvalue weighted by atomic mass is 19.1. The summed E-state index contributed by atoms with van der Waals surface area (Å²) >= 11 is 0. The highest BCUT2D eigenvalue weighted by Crippen LogP contribution is 2.45. The van der Waals surface area contributed by atoms with Gasteiger partial charge in [-0.05, 0) is 92.4 Å². The van der Waals surface area contributed by atoms with Gasteiger partial charge in [-0.2, -0.15) is 5.10 Å². The van der Waals surface area contributed by atoms with E-state index in [1.54, 1.807) is 30.1 Å². The highest BCUT2D eigenvalue weighted by Gasteiger charge is 2.45. The maximum Gasteiger partial charge on any atom is 0.226 e. The van der Waals surface area contributed by atoms with E-state index < -0.39 is 6.10 Å². The van der Waals surface area contributed by atoms with E-state index in [4.69, 9.17) is 9.47 Å². The summed E-state index contributed by atoms with van der Waals surface area (Å²) in [5, 5.41) is 8.56. The molecule has 1 heterocycles. The maximum atomic E-state index is 13.4. The molecule has 1 N–H and O–H groups in total. The molecule has 0 radical (unpaired) electrons. The van der Waals surface area contributed by atoms with Crippen LogP contribution in [0, 0.1) is 18.2 Å². The highest BCUT2D eigenvalue weighted by molar-refractivity contribution is 5.85. The minimum atomic E-state index is -0.410. The predicted octanol–water partition coefficient (Wildman–Crippen LogP) is 6.54. The standard InChI is InChI=1S/C29H30FN3O3.CH4/c1-18-15-23(35-4)9-11-25(18)27(19(2)32-28(34)29(3)13-14-29)36-24-10-12-26-20(16-24)17-31-33(26)22-7-5-21(30)6-8-22;/h5-12,15-17,19,27H,13-14H2,1-4H3,(H,32,34);1H4/t19-,27-;/m0./s1. The molecule has 37 heavy (non-hydrogen) atoms. The summed E-state index contributed by atoms with van der Waals surface area (Å²) in [6.45, 7) is 5.99. The number of nitrogens with one attached hydrogen (secondary N) is 1. The first-order valence-corrected chi connectivity index (χ1v) is 12.1. The van der Waals surface area contributed by atoms with E-state index in [0.29, 0.717) is 5.75 Å². The number of hydrogen-bond donors (Lipinski definition) is 1. The second-order valence-corrected chi connectivity index (χ2v) is 9.84. The van der Waals surface area contributed by atoms with Crippen LogP contribution in [0.2, 0.25) is 0 Å². The van der Waals surface area contributed by atoms with Crippen molar-refractivity contribution >= 4 is 16.8 Å². The van der Waals surface area contributed by atoms with Gasteiger partial charge in [-0.3, -0.25) is 4.79 Å². The number of halogens is 1. The minimum Gasteiger partial charge on any atom is -0.497 e. The summed E-state index contributed by atoms with van der Waals surface area (Å²) in [6, 6.07) is 17.6. The Morgan fingerprint density at radius 3 is 2.43 bits per heavy atom. The van der Waals surface area contributed by atoms with Crippen molar-refractivity contribution in [2.45, 2.75) is 53.2 Å². The van der Waals surface area contributed by atoms with Gasteiger partial charge < -0.3 is 14.8 Å². The van der Waals surface area contributed by atoms with Crippen molar-refractivity contribution < 1.29 is 18.7 Å². The normalized spacial score (nSPS) is 15.4. The maximum absolute atomic E-state index is 13.4. The molecule has 1 saturated carbocycles. The monoisotopic (exact) mass is 503 g/mol. The third-order valence-corrected chi connectivity index (χ3v) is 7.02. The molecule has 4 aromatic rings. The van der Waals surface area contributed by atoms with Crippen molar-refractivity contribution in [3.05, 3.63) is 83.8 Å². The van der Waals surface area contributed by atoms with Gasteiger partial charge in [-0.15, -0.1) is 0 Å². The van der Waals surface area contributed by atoms with Crippen molar-refractivity contribution in [1.82, 2.24) is 15.1 Å². The van der Waals surface area contributed by atoms with Crippen molar-refractivity contribution in [3.63, 3.8) is 0 Å². The number of fused-ring (bicyclic) bond motifs is 1. The van der Waals surface area contributed by atoms with E-state index >= 15 is 0 Å². The van der Waals surface area contributed by atoms with E-state index in [2.05, 4.69) is 10.4 Å². The van der Waals surface area contributed by atoms with Crippen molar-refractivity contribution in [2.24, 2.45) is 5.41 Å². The van der Waals surface area contributed by atoms with Gasteiger partial charge in [-0.1, -0.05) is 20.4 Å². The Hall–Kier alpha value is -3.87. The molecular weight excluding hydrogens is 469 g/mol. The number of benzene rings is 3. The second kappa shape index (κ2) is 10.2. The molecule has 6 nitrogen and oxygen atoms in total. The first-order valence-electron chi connectivity index (χ1n) is 12.1. The molecule has 7 heteroatoms.